The molecule has 5 aromatic carbocycles. The molecule has 9 heteroatoms. The zero-order valence-electron chi connectivity index (χ0n) is 25.3. The first-order valence-electron chi connectivity index (χ1n) is 13.1. The first kappa shape index (κ1) is 31.5. The summed E-state index contributed by atoms with van der Waals surface area (Å²) in [6, 6.07) is 34.9. The molecule has 0 saturated heterocycles. The van der Waals surface area contributed by atoms with Gasteiger partial charge in [-0.25, -0.2) is 0 Å². The quantitative estimate of drug-likeness (QED) is 0.144. The zero-order chi connectivity index (χ0) is 29.3. The number of rotatable bonds is 12. The maximum absolute atomic E-state index is 14.0. The Bertz CT molecular complexity index is 1570. The van der Waals surface area contributed by atoms with E-state index < -0.39 is 8.58 Å². The third-order valence-corrected chi connectivity index (χ3v) is 7.36. The Morgan fingerprint density at radius 1 is 0.512 bits per heavy atom. The van der Waals surface area contributed by atoms with E-state index in [1.54, 1.807) is 24.3 Å². The summed E-state index contributed by atoms with van der Waals surface area (Å²) in [4.78, 5) is 14.0. The maximum atomic E-state index is 14.0. The minimum atomic E-state index is -0.428. The summed E-state index contributed by atoms with van der Waals surface area (Å²) in [5.41, 5.74) is 0.0546. The number of hydrogen-bond acceptors (Lipinski definition) is 7. The van der Waals surface area contributed by atoms with Crippen molar-refractivity contribution < 1.29 is 53.5 Å². The molecule has 0 amide bonds. The monoisotopic (exact) mass is 588 g/mol. The van der Waals surface area contributed by atoms with Crippen molar-refractivity contribution >= 4 is 19.4 Å². The van der Waals surface area contributed by atoms with E-state index >= 15 is 0 Å². The Kier molecular flexibility index (Phi) is 11.1. The molecule has 0 heterocycles. The van der Waals surface area contributed by atoms with E-state index in [1.807, 2.05) is 91.0 Å². The van der Waals surface area contributed by atoms with Crippen LogP contribution in [0.1, 0.15) is 11.8 Å². The van der Waals surface area contributed by atoms with Gasteiger partial charge in [-0.2, -0.15) is 0 Å². The van der Waals surface area contributed by atoms with E-state index in [2.05, 4.69) is 0 Å². The van der Waals surface area contributed by atoms with Crippen molar-refractivity contribution in [3.05, 3.63) is 121 Å². The van der Waals surface area contributed by atoms with Crippen LogP contribution in [-0.2, 0) is 0 Å². The summed E-state index contributed by atoms with van der Waals surface area (Å²) in [5, 5.41) is 0.549. The van der Waals surface area contributed by atoms with Gasteiger partial charge in [-0.15, -0.1) is 0 Å². The SMILES string of the molecule is COc1cc(OC)c(C(=O)Pc2c(Oc3ccccc3)cc(Oc3ccccc3)cc2Oc2ccccc2)c(OC)c1.[H-].[Li+]. The molecule has 5 aromatic rings. The van der Waals surface area contributed by atoms with Crippen LogP contribution in [0.4, 0.5) is 0 Å². The van der Waals surface area contributed by atoms with Crippen LogP contribution in [0.2, 0.25) is 0 Å². The largest absolute Gasteiger partial charge is 1.00 e. The molecule has 1 unspecified atom stereocenters. The third-order valence-electron chi connectivity index (χ3n) is 6.14. The predicted octanol–water partition coefficient (Wildman–Crippen LogP) is 5.35. The van der Waals surface area contributed by atoms with Crippen LogP contribution in [0, 0.1) is 0 Å². The fourth-order valence-electron chi connectivity index (χ4n) is 4.17. The van der Waals surface area contributed by atoms with Crippen LogP contribution in [0.3, 0.4) is 0 Å². The minimum absolute atomic E-state index is 0. The Morgan fingerprint density at radius 2 is 0.907 bits per heavy atom. The van der Waals surface area contributed by atoms with Crippen molar-refractivity contribution in [2.24, 2.45) is 0 Å². The van der Waals surface area contributed by atoms with Crippen LogP contribution in [0.5, 0.6) is 51.7 Å². The number of methoxy groups -OCH3 is 3. The third kappa shape index (κ3) is 7.91. The summed E-state index contributed by atoms with van der Waals surface area (Å²) >= 11 is 0. The van der Waals surface area contributed by atoms with Crippen molar-refractivity contribution in [3.8, 4) is 51.7 Å². The van der Waals surface area contributed by atoms with Gasteiger partial charge in [0.25, 0.3) is 0 Å². The fraction of sp³-hybridized carbons (Fsp3) is 0.0882. The van der Waals surface area contributed by atoms with Crippen LogP contribution >= 0.6 is 8.58 Å². The summed E-state index contributed by atoms with van der Waals surface area (Å²) in [7, 11) is 4.11. The van der Waals surface area contributed by atoms with Gasteiger partial charge in [-0.3, -0.25) is 4.79 Å². The van der Waals surface area contributed by atoms with Gasteiger partial charge in [-0.05, 0) is 45.0 Å². The minimum Gasteiger partial charge on any atom is -1.00 e. The summed E-state index contributed by atoms with van der Waals surface area (Å²) in [6.07, 6.45) is 0. The van der Waals surface area contributed by atoms with Crippen molar-refractivity contribution in [1.29, 1.82) is 0 Å². The molecule has 0 N–H and O–H groups in total. The van der Waals surface area contributed by atoms with Crippen molar-refractivity contribution in [3.63, 3.8) is 0 Å². The molecular formula is C34H30LiO7P. The summed E-state index contributed by atoms with van der Waals surface area (Å²) in [5.74, 6) is 4.33. The number of ether oxygens (including phenoxy) is 6. The number of carbonyl (C=O) groups is 1. The van der Waals surface area contributed by atoms with E-state index in [0.717, 1.165) is 0 Å². The number of para-hydroxylation sites is 3. The second-order valence-electron chi connectivity index (χ2n) is 8.90. The average Bonchev–Trinajstić information content (AvgIpc) is 3.03. The van der Waals surface area contributed by atoms with E-state index in [-0.39, 0.29) is 25.8 Å². The molecule has 5 rings (SSSR count). The normalized spacial score (nSPS) is 10.5. The molecule has 0 aliphatic rings. The molecule has 0 saturated carbocycles. The van der Waals surface area contributed by atoms with Gasteiger partial charge in [0, 0.05) is 24.3 Å². The molecule has 0 bridgehead atoms. The second kappa shape index (κ2) is 15.2. The molecule has 43 heavy (non-hydrogen) atoms. The summed E-state index contributed by atoms with van der Waals surface area (Å²) in [6.45, 7) is 0. The van der Waals surface area contributed by atoms with Crippen LogP contribution in [0.15, 0.2) is 115 Å². The van der Waals surface area contributed by atoms with Crippen LogP contribution in [-0.4, -0.2) is 26.9 Å². The van der Waals surface area contributed by atoms with Gasteiger partial charge >= 0.3 is 18.9 Å². The second-order valence-corrected chi connectivity index (χ2v) is 10.1. The summed E-state index contributed by atoms with van der Waals surface area (Å²) < 4.78 is 35.4. The zero-order valence-corrected chi connectivity index (χ0v) is 25.3. The van der Waals surface area contributed by atoms with Crippen molar-refractivity contribution in [2.45, 2.75) is 0 Å². The van der Waals surface area contributed by atoms with Gasteiger partial charge in [0.2, 0.25) is 0 Å². The first-order valence-corrected chi connectivity index (χ1v) is 14.1. The molecule has 0 fully saturated rings. The maximum Gasteiger partial charge on any atom is 1.00 e. The topological polar surface area (TPSA) is 72.5 Å². The Hall–Kier alpha value is -4.40. The van der Waals surface area contributed by atoms with E-state index in [0.29, 0.717) is 62.6 Å². The molecular weight excluding hydrogens is 558 g/mol. The van der Waals surface area contributed by atoms with Crippen molar-refractivity contribution in [1.82, 2.24) is 0 Å². The number of benzene rings is 5. The molecule has 0 aliphatic heterocycles. The number of carbonyl (C=O) groups excluding carboxylic acids is 1. The average molecular weight is 589 g/mol. The smallest absolute Gasteiger partial charge is 1.00 e. The Morgan fingerprint density at radius 3 is 1.30 bits per heavy atom. The van der Waals surface area contributed by atoms with Gasteiger partial charge in [0.1, 0.15) is 57.3 Å². The molecule has 7 nitrogen and oxygen atoms in total. The van der Waals surface area contributed by atoms with E-state index in [4.69, 9.17) is 28.4 Å². The molecule has 0 spiro atoms. The standard InChI is InChI=1S/C34H29O7P.Li.H/c1-36-26-19-28(37-2)32(29(20-26)38-3)34(35)42-33-30(40-24-15-9-5-10-16-24)21-27(39-23-13-7-4-8-14-23)22-31(33)41-25-17-11-6-12-18-25;;/h4-22,42H,1-3H3;;/q;+1;-1. The molecule has 214 valence electrons. The first-order chi connectivity index (χ1) is 20.6. The molecule has 0 radical (unpaired) electrons. The number of hydrogen-bond donors (Lipinski definition) is 0. The molecule has 1 atom stereocenters. The van der Waals surface area contributed by atoms with Gasteiger partial charge in [-0.1, -0.05) is 54.6 Å². The Labute approximate surface area is 266 Å². The fourth-order valence-corrected chi connectivity index (χ4v) is 5.26. The Balaban J connectivity index is 0.00000264. The van der Waals surface area contributed by atoms with E-state index in [9.17, 15) is 4.79 Å². The van der Waals surface area contributed by atoms with Crippen molar-refractivity contribution in [2.75, 3.05) is 21.3 Å². The van der Waals surface area contributed by atoms with Gasteiger partial charge in [0.15, 0.2) is 5.52 Å². The predicted molar refractivity (Wildman–Crippen MR) is 165 cm³/mol. The van der Waals surface area contributed by atoms with Gasteiger partial charge in [0.05, 0.1) is 26.6 Å². The van der Waals surface area contributed by atoms with Crippen LogP contribution < -0.4 is 52.6 Å². The molecule has 0 aromatic heterocycles. The van der Waals surface area contributed by atoms with Gasteiger partial charge < -0.3 is 29.8 Å². The van der Waals surface area contributed by atoms with Crippen LogP contribution in [0.25, 0.3) is 0 Å². The molecule has 0 aliphatic carbocycles. The van der Waals surface area contributed by atoms with E-state index in [1.165, 1.54) is 21.3 Å².